The molecule has 3 rings (SSSR count). The second kappa shape index (κ2) is 6.43. The third-order valence-electron chi connectivity index (χ3n) is 3.99. The lowest BCUT2D eigenvalue weighted by atomic mass is 10.1. The van der Waals surface area contributed by atoms with Crippen LogP contribution in [0.15, 0.2) is 59.5 Å². The zero-order valence-corrected chi connectivity index (χ0v) is 14.2. The van der Waals surface area contributed by atoms with Crippen molar-refractivity contribution in [3.63, 3.8) is 0 Å². The van der Waals surface area contributed by atoms with Gasteiger partial charge in [-0.25, -0.2) is 8.42 Å². The Bertz CT molecular complexity index is 747. The van der Waals surface area contributed by atoms with Crippen LogP contribution < -0.4 is 0 Å². The van der Waals surface area contributed by atoms with Crippen LogP contribution in [0.2, 0.25) is 0 Å². The Morgan fingerprint density at radius 1 is 0.870 bits per heavy atom. The zero-order valence-electron chi connectivity index (χ0n) is 13.3. The SMILES string of the molecule is C[C@H]1CN(S(=O)(=O)c2ccc(-c3ccccc3)cc2)C[C@H](C)O1. The fraction of sp³-hybridized carbons (Fsp3) is 0.333. The molecule has 0 spiro atoms. The molecular weight excluding hydrogens is 310 g/mol. The van der Waals surface area contributed by atoms with Crippen molar-refractivity contribution in [2.45, 2.75) is 31.0 Å². The number of sulfonamides is 1. The molecule has 5 heteroatoms. The van der Waals surface area contributed by atoms with Gasteiger partial charge in [0.1, 0.15) is 0 Å². The van der Waals surface area contributed by atoms with Crippen LogP contribution in [0.25, 0.3) is 11.1 Å². The van der Waals surface area contributed by atoms with Crippen molar-refractivity contribution in [2.75, 3.05) is 13.1 Å². The van der Waals surface area contributed by atoms with Gasteiger partial charge in [0.05, 0.1) is 17.1 Å². The Hall–Kier alpha value is -1.69. The van der Waals surface area contributed by atoms with E-state index in [4.69, 9.17) is 4.74 Å². The molecule has 1 saturated heterocycles. The molecule has 0 bridgehead atoms. The summed E-state index contributed by atoms with van der Waals surface area (Å²) in [6.45, 7) is 4.59. The smallest absolute Gasteiger partial charge is 0.243 e. The Morgan fingerprint density at radius 3 is 1.96 bits per heavy atom. The fourth-order valence-electron chi connectivity index (χ4n) is 2.93. The minimum Gasteiger partial charge on any atom is -0.373 e. The highest BCUT2D eigenvalue weighted by Crippen LogP contribution is 2.24. The first-order chi connectivity index (χ1) is 11.0. The molecule has 1 heterocycles. The number of morpholine rings is 1. The second-order valence-corrected chi connectivity index (χ2v) is 7.91. The number of ether oxygens (including phenoxy) is 1. The molecule has 23 heavy (non-hydrogen) atoms. The van der Waals surface area contributed by atoms with Crippen LogP contribution in [-0.2, 0) is 14.8 Å². The third-order valence-corrected chi connectivity index (χ3v) is 5.83. The van der Waals surface area contributed by atoms with E-state index >= 15 is 0 Å². The van der Waals surface area contributed by atoms with Crippen molar-refractivity contribution >= 4 is 10.0 Å². The van der Waals surface area contributed by atoms with E-state index in [0.29, 0.717) is 18.0 Å². The predicted octanol–water partition coefficient (Wildman–Crippen LogP) is 3.15. The highest BCUT2D eigenvalue weighted by atomic mass is 32.2. The van der Waals surface area contributed by atoms with Crippen LogP contribution in [0.4, 0.5) is 0 Å². The summed E-state index contributed by atoms with van der Waals surface area (Å²) < 4.78 is 32.7. The van der Waals surface area contributed by atoms with Gasteiger partial charge in [-0.3, -0.25) is 0 Å². The molecule has 0 radical (unpaired) electrons. The monoisotopic (exact) mass is 331 g/mol. The van der Waals surface area contributed by atoms with Gasteiger partial charge in [0, 0.05) is 13.1 Å². The summed E-state index contributed by atoms with van der Waals surface area (Å²) in [5.74, 6) is 0. The van der Waals surface area contributed by atoms with E-state index in [1.54, 1.807) is 12.1 Å². The lowest BCUT2D eigenvalue weighted by molar-refractivity contribution is -0.0440. The molecule has 1 fully saturated rings. The van der Waals surface area contributed by atoms with Gasteiger partial charge in [0.15, 0.2) is 0 Å². The summed E-state index contributed by atoms with van der Waals surface area (Å²) in [5, 5.41) is 0. The summed E-state index contributed by atoms with van der Waals surface area (Å²) in [7, 11) is -3.47. The van der Waals surface area contributed by atoms with E-state index in [0.717, 1.165) is 11.1 Å². The summed E-state index contributed by atoms with van der Waals surface area (Å²) in [6.07, 6.45) is -0.172. The van der Waals surface area contributed by atoms with Crippen LogP contribution >= 0.6 is 0 Å². The van der Waals surface area contributed by atoms with Gasteiger partial charge in [0.25, 0.3) is 0 Å². The normalized spacial score (nSPS) is 22.9. The van der Waals surface area contributed by atoms with Crippen LogP contribution in [-0.4, -0.2) is 38.0 Å². The molecule has 0 aliphatic carbocycles. The van der Waals surface area contributed by atoms with Gasteiger partial charge in [-0.1, -0.05) is 42.5 Å². The first-order valence-electron chi connectivity index (χ1n) is 7.78. The van der Waals surface area contributed by atoms with Gasteiger partial charge in [-0.15, -0.1) is 0 Å². The maximum absolute atomic E-state index is 12.8. The van der Waals surface area contributed by atoms with Crippen LogP contribution in [0, 0.1) is 0 Å². The molecule has 0 aromatic heterocycles. The minimum absolute atomic E-state index is 0.0860. The van der Waals surface area contributed by atoms with E-state index < -0.39 is 10.0 Å². The van der Waals surface area contributed by atoms with Gasteiger partial charge in [-0.05, 0) is 37.1 Å². The molecule has 122 valence electrons. The number of benzene rings is 2. The topological polar surface area (TPSA) is 46.6 Å². The van der Waals surface area contributed by atoms with Crippen molar-refractivity contribution in [3.8, 4) is 11.1 Å². The number of rotatable bonds is 3. The molecule has 1 aliphatic heterocycles. The molecule has 0 N–H and O–H groups in total. The lowest BCUT2D eigenvalue weighted by Gasteiger charge is -2.34. The van der Waals surface area contributed by atoms with Gasteiger partial charge in [0.2, 0.25) is 10.0 Å². The van der Waals surface area contributed by atoms with Crippen molar-refractivity contribution < 1.29 is 13.2 Å². The zero-order chi connectivity index (χ0) is 16.4. The van der Waals surface area contributed by atoms with Crippen LogP contribution in [0.3, 0.4) is 0 Å². The maximum Gasteiger partial charge on any atom is 0.243 e. The Balaban J connectivity index is 1.86. The Morgan fingerprint density at radius 2 is 1.39 bits per heavy atom. The Kier molecular flexibility index (Phi) is 4.53. The molecule has 2 atom stereocenters. The van der Waals surface area contributed by atoms with E-state index in [1.165, 1.54) is 4.31 Å². The molecule has 4 nitrogen and oxygen atoms in total. The minimum atomic E-state index is -3.47. The highest BCUT2D eigenvalue weighted by Gasteiger charge is 2.32. The van der Waals surface area contributed by atoms with Crippen molar-refractivity contribution in [2.24, 2.45) is 0 Å². The largest absolute Gasteiger partial charge is 0.373 e. The number of hydrogen-bond acceptors (Lipinski definition) is 3. The molecular formula is C18H21NO3S. The average molecular weight is 331 g/mol. The van der Waals surface area contributed by atoms with E-state index in [2.05, 4.69) is 0 Å². The predicted molar refractivity (Wildman–Crippen MR) is 90.6 cm³/mol. The average Bonchev–Trinajstić information content (AvgIpc) is 2.55. The van der Waals surface area contributed by atoms with Gasteiger partial charge < -0.3 is 4.74 Å². The first kappa shape index (κ1) is 16.2. The van der Waals surface area contributed by atoms with E-state index in [9.17, 15) is 8.42 Å². The van der Waals surface area contributed by atoms with Crippen molar-refractivity contribution in [1.29, 1.82) is 0 Å². The first-order valence-corrected chi connectivity index (χ1v) is 9.22. The Labute approximate surface area is 137 Å². The van der Waals surface area contributed by atoms with Crippen LogP contribution in [0.5, 0.6) is 0 Å². The highest BCUT2D eigenvalue weighted by molar-refractivity contribution is 7.89. The molecule has 1 aliphatic rings. The second-order valence-electron chi connectivity index (χ2n) is 5.97. The molecule has 2 aromatic rings. The maximum atomic E-state index is 12.8. The quantitative estimate of drug-likeness (QED) is 0.868. The van der Waals surface area contributed by atoms with Crippen LogP contribution in [0.1, 0.15) is 13.8 Å². The summed E-state index contributed by atoms with van der Waals surface area (Å²) in [4.78, 5) is 0.332. The summed E-state index contributed by atoms with van der Waals surface area (Å²) >= 11 is 0. The molecule has 0 amide bonds. The van der Waals surface area contributed by atoms with Crippen molar-refractivity contribution in [1.82, 2.24) is 4.31 Å². The van der Waals surface area contributed by atoms with E-state index in [1.807, 2.05) is 56.3 Å². The van der Waals surface area contributed by atoms with Crippen molar-refractivity contribution in [3.05, 3.63) is 54.6 Å². The van der Waals surface area contributed by atoms with Gasteiger partial charge in [-0.2, -0.15) is 4.31 Å². The van der Waals surface area contributed by atoms with E-state index in [-0.39, 0.29) is 12.2 Å². The number of hydrogen-bond donors (Lipinski definition) is 0. The molecule has 0 saturated carbocycles. The summed E-state index contributed by atoms with van der Waals surface area (Å²) in [6, 6.07) is 17.0. The molecule has 0 unspecified atom stereocenters. The standard InChI is InChI=1S/C18H21NO3S/c1-14-12-19(13-15(2)22-14)23(20,21)18-10-8-17(9-11-18)16-6-4-3-5-7-16/h3-11,14-15H,12-13H2,1-2H3/t14-,15-/m0/s1. The third kappa shape index (κ3) is 3.47. The fourth-order valence-corrected chi connectivity index (χ4v) is 4.52. The summed E-state index contributed by atoms with van der Waals surface area (Å²) in [5.41, 5.74) is 2.08. The molecule has 2 aromatic carbocycles. The number of nitrogens with zero attached hydrogens (tertiary/aromatic N) is 1. The van der Waals surface area contributed by atoms with Gasteiger partial charge >= 0.3 is 0 Å². The lowest BCUT2D eigenvalue weighted by Crippen LogP contribution is -2.48.